The van der Waals surface area contributed by atoms with Crippen LogP contribution in [0.5, 0.6) is 5.75 Å². The molecule has 0 fully saturated rings. The van der Waals surface area contributed by atoms with E-state index in [1.54, 1.807) is 24.3 Å². The van der Waals surface area contributed by atoms with Crippen molar-refractivity contribution in [1.82, 2.24) is 0 Å². The summed E-state index contributed by atoms with van der Waals surface area (Å²) in [6, 6.07) is 13.3. The van der Waals surface area contributed by atoms with E-state index in [1.807, 2.05) is 6.07 Å². The van der Waals surface area contributed by atoms with Crippen LogP contribution in [-0.4, -0.2) is 21.4 Å². The van der Waals surface area contributed by atoms with Crippen molar-refractivity contribution in [2.75, 3.05) is 11.8 Å². The SMILES string of the molecule is COc1ccc(C(N)=O)cc1NS(=O)(=O)/C=C\c1ccccc1. The monoisotopic (exact) mass is 332 g/mol. The first kappa shape index (κ1) is 16.6. The maximum absolute atomic E-state index is 12.2. The summed E-state index contributed by atoms with van der Waals surface area (Å²) in [6.07, 6.45) is 1.47. The Morgan fingerprint density at radius 3 is 2.48 bits per heavy atom. The third-order valence-corrected chi connectivity index (χ3v) is 3.97. The van der Waals surface area contributed by atoms with Gasteiger partial charge >= 0.3 is 0 Å². The number of sulfonamides is 1. The number of primary amides is 1. The van der Waals surface area contributed by atoms with Gasteiger partial charge in [-0.05, 0) is 29.8 Å². The van der Waals surface area contributed by atoms with E-state index in [0.29, 0.717) is 0 Å². The number of nitrogens with two attached hydrogens (primary N) is 1. The zero-order chi connectivity index (χ0) is 16.9. The fraction of sp³-hybridized carbons (Fsp3) is 0.0625. The van der Waals surface area contributed by atoms with Crippen LogP contribution >= 0.6 is 0 Å². The Morgan fingerprint density at radius 2 is 1.87 bits per heavy atom. The minimum absolute atomic E-state index is 0.140. The molecule has 3 N–H and O–H groups in total. The van der Waals surface area contributed by atoms with E-state index in [4.69, 9.17) is 10.5 Å². The first-order valence-corrected chi connectivity index (χ1v) is 8.20. The Morgan fingerprint density at radius 1 is 1.17 bits per heavy atom. The Hall–Kier alpha value is -2.80. The molecule has 2 aromatic rings. The van der Waals surface area contributed by atoms with Gasteiger partial charge in [-0.25, -0.2) is 8.42 Å². The van der Waals surface area contributed by atoms with Crippen molar-refractivity contribution in [2.45, 2.75) is 0 Å². The van der Waals surface area contributed by atoms with E-state index in [2.05, 4.69) is 4.72 Å². The number of methoxy groups -OCH3 is 1. The van der Waals surface area contributed by atoms with Crippen molar-refractivity contribution in [3.05, 3.63) is 65.1 Å². The average molecular weight is 332 g/mol. The Balaban J connectivity index is 2.28. The first-order valence-electron chi connectivity index (χ1n) is 6.65. The molecule has 2 aromatic carbocycles. The minimum Gasteiger partial charge on any atom is -0.495 e. The molecule has 0 aliphatic carbocycles. The smallest absolute Gasteiger partial charge is 0.255 e. The number of rotatable bonds is 6. The second kappa shape index (κ2) is 6.97. The molecule has 0 unspecified atom stereocenters. The van der Waals surface area contributed by atoms with Gasteiger partial charge in [0.1, 0.15) is 5.75 Å². The molecule has 2 rings (SSSR count). The second-order valence-electron chi connectivity index (χ2n) is 4.64. The lowest BCUT2D eigenvalue weighted by molar-refractivity contribution is 0.100. The number of benzene rings is 2. The zero-order valence-corrected chi connectivity index (χ0v) is 13.2. The Kier molecular flexibility index (Phi) is 5.02. The van der Waals surface area contributed by atoms with Gasteiger partial charge in [0, 0.05) is 5.56 Å². The second-order valence-corrected chi connectivity index (χ2v) is 6.21. The standard InChI is InChI=1S/C16H16N2O4S/c1-22-15-8-7-13(16(17)19)11-14(15)18-23(20,21)10-9-12-5-3-2-4-6-12/h2-11,18H,1H3,(H2,17,19)/b10-9-. The van der Waals surface area contributed by atoms with Crippen LogP contribution in [0.25, 0.3) is 6.08 Å². The lowest BCUT2D eigenvalue weighted by atomic mass is 10.2. The number of carbonyl (C=O) groups excluding carboxylic acids is 1. The van der Waals surface area contributed by atoms with Crippen LogP contribution in [-0.2, 0) is 10.0 Å². The number of ether oxygens (including phenoxy) is 1. The third kappa shape index (κ3) is 4.58. The molecule has 0 atom stereocenters. The van der Waals surface area contributed by atoms with Crippen LogP contribution in [0.1, 0.15) is 15.9 Å². The van der Waals surface area contributed by atoms with Gasteiger partial charge in [0.15, 0.2) is 0 Å². The molecule has 23 heavy (non-hydrogen) atoms. The van der Waals surface area contributed by atoms with Crippen molar-refractivity contribution in [2.24, 2.45) is 5.73 Å². The largest absolute Gasteiger partial charge is 0.495 e. The summed E-state index contributed by atoms with van der Waals surface area (Å²) in [4.78, 5) is 11.2. The average Bonchev–Trinajstić information content (AvgIpc) is 2.53. The van der Waals surface area contributed by atoms with Crippen LogP contribution < -0.4 is 15.2 Å². The number of hydrogen-bond acceptors (Lipinski definition) is 4. The van der Waals surface area contributed by atoms with Gasteiger partial charge < -0.3 is 10.5 Å². The van der Waals surface area contributed by atoms with Crippen molar-refractivity contribution < 1.29 is 17.9 Å². The molecule has 6 nitrogen and oxygen atoms in total. The summed E-state index contributed by atoms with van der Waals surface area (Å²) < 4.78 is 31.7. The summed E-state index contributed by atoms with van der Waals surface area (Å²) in [7, 11) is -2.37. The van der Waals surface area contributed by atoms with Crippen LogP contribution in [0.4, 0.5) is 5.69 Å². The summed E-state index contributed by atoms with van der Waals surface area (Å²) in [5.41, 5.74) is 6.26. The van der Waals surface area contributed by atoms with Gasteiger partial charge in [-0.3, -0.25) is 9.52 Å². The molecule has 0 spiro atoms. The molecule has 0 saturated carbocycles. The van der Waals surface area contributed by atoms with E-state index < -0.39 is 15.9 Å². The Labute approximate surface area is 134 Å². The van der Waals surface area contributed by atoms with Gasteiger partial charge in [-0.2, -0.15) is 0 Å². The molecular weight excluding hydrogens is 316 g/mol. The fourth-order valence-electron chi connectivity index (χ4n) is 1.86. The van der Waals surface area contributed by atoms with E-state index in [9.17, 15) is 13.2 Å². The molecule has 0 aliphatic heterocycles. The van der Waals surface area contributed by atoms with Gasteiger partial charge in [-0.1, -0.05) is 30.3 Å². The molecule has 7 heteroatoms. The quantitative estimate of drug-likeness (QED) is 0.847. The molecule has 0 bridgehead atoms. The lowest BCUT2D eigenvalue weighted by Gasteiger charge is -2.11. The van der Waals surface area contributed by atoms with Gasteiger partial charge in [0.2, 0.25) is 5.91 Å². The zero-order valence-electron chi connectivity index (χ0n) is 12.4. The lowest BCUT2D eigenvalue weighted by Crippen LogP contribution is -2.14. The summed E-state index contributed by atoms with van der Waals surface area (Å²) in [5, 5.41) is 1.04. The maximum Gasteiger partial charge on any atom is 0.255 e. The van der Waals surface area contributed by atoms with Crippen LogP contribution in [0.15, 0.2) is 53.9 Å². The van der Waals surface area contributed by atoms with Crippen LogP contribution in [0.3, 0.4) is 0 Å². The highest BCUT2D eigenvalue weighted by molar-refractivity contribution is 7.95. The van der Waals surface area contributed by atoms with E-state index in [-0.39, 0.29) is 17.0 Å². The first-order chi connectivity index (χ1) is 10.9. The highest BCUT2D eigenvalue weighted by atomic mass is 32.2. The van der Waals surface area contributed by atoms with Crippen molar-refractivity contribution in [3.8, 4) is 5.75 Å². The molecule has 1 amide bonds. The molecular formula is C16H16N2O4S. The fourth-order valence-corrected chi connectivity index (χ4v) is 2.73. The number of hydrogen-bond donors (Lipinski definition) is 2. The highest BCUT2D eigenvalue weighted by Crippen LogP contribution is 2.26. The topological polar surface area (TPSA) is 98.5 Å². The van der Waals surface area contributed by atoms with Crippen molar-refractivity contribution in [3.63, 3.8) is 0 Å². The predicted octanol–water partition coefficient (Wildman–Crippen LogP) is 2.21. The van der Waals surface area contributed by atoms with Gasteiger partial charge in [0.25, 0.3) is 10.0 Å². The molecule has 0 aliphatic rings. The molecule has 0 radical (unpaired) electrons. The maximum atomic E-state index is 12.2. The minimum atomic E-state index is -3.77. The van der Waals surface area contributed by atoms with E-state index >= 15 is 0 Å². The van der Waals surface area contributed by atoms with Crippen LogP contribution in [0, 0.1) is 0 Å². The molecule has 0 heterocycles. The van der Waals surface area contributed by atoms with Gasteiger partial charge in [-0.15, -0.1) is 0 Å². The van der Waals surface area contributed by atoms with Gasteiger partial charge in [0.05, 0.1) is 18.2 Å². The van der Waals surface area contributed by atoms with E-state index in [1.165, 1.54) is 31.4 Å². The molecule has 0 saturated heterocycles. The number of nitrogens with one attached hydrogen (secondary N) is 1. The summed E-state index contributed by atoms with van der Waals surface area (Å²) >= 11 is 0. The summed E-state index contributed by atoms with van der Waals surface area (Å²) in [5.74, 6) is -0.375. The van der Waals surface area contributed by atoms with E-state index in [0.717, 1.165) is 11.0 Å². The third-order valence-electron chi connectivity index (χ3n) is 2.98. The molecule has 0 aromatic heterocycles. The number of amides is 1. The number of carbonyl (C=O) groups is 1. The van der Waals surface area contributed by atoms with Crippen molar-refractivity contribution >= 4 is 27.7 Å². The number of anilines is 1. The van der Waals surface area contributed by atoms with Crippen molar-refractivity contribution in [1.29, 1.82) is 0 Å². The molecule has 120 valence electrons. The highest BCUT2D eigenvalue weighted by Gasteiger charge is 2.13. The normalized spacial score (nSPS) is 11.3. The Bertz CT molecular complexity index is 830. The van der Waals surface area contributed by atoms with Crippen LogP contribution in [0.2, 0.25) is 0 Å². The summed E-state index contributed by atoms with van der Waals surface area (Å²) in [6.45, 7) is 0. The predicted molar refractivity (Wildman–Crippen MR) is 89.5 cm³/mol.